The molecule has 3 aromatic carbocycles. The molecule has 0 saturated carbocycles. The lowest BCUT2D eigenvalue weighted by Crippen LogP contribution is -2.41. The smallest absolute Gasteiger partial charge is 0.260 e. The topological polar surface area (TPSA) is 56.6 Å². The Balaban J connectivity index is 1.20. The number of para-hydroxylation sites is 4. The van der Waals surface area contributed by atoms with E-state index in [2.05, 4.69) is 10.6 Å². The Labute approximate surface area is 203 Å². The van der Waals surface area contributed by atoms with Crippen LogP contribution in [0.4, 0.5) is 4.39 Å². The molecular formula is C28H28FN3O3. The number of benzene rings is 3. The second-order valence-electron chi connectivity index (χ2n) is 8.77. The van der Waals surface area contributed by atoms with E-state index in [1.165, 1.54) is 12.1 Å². The Morgan fingerprint density at radius 1 is 0.914 bits per heavy atom. The SMILES string of the molecule is O=C(COc1ccccc1F)N1CCC(Cn2c(COc3ccccc3)nc3ccccc32)CC1. The van der Waals surface area contributed by atoms with Crippen molar-refractivity contribution in [1.82, 2.24) is 14.5 Å². The van der Waals surface area contributed by atoms with Crippen LogP contribution < -0.4 is 9.47 Å². The van der Waals surface area contributed by atoms with Gasteiger partial charge in [0.05, 0.1) is 11.0 Å². The highest BCUT2D eigenvalue weighted by molar-refractivity contribution is 5.78. The first-order valence-electron chi connectivity index (χ1n) is 11.9. The fourth-order valence-corrected chi connectivity index (χ4v) is 4.52. The molecule has 0 spiro atoms. The third-order valence-electron chi connectivity index (χ3n) is 6.44. The van der Waals surface area contributed by atoms with Crippen molar-refractivity contribution in [2.75, 3.05) is 19.7 Å². The minimum Gasteiger partial charge on any atom is -0.486 e. The predicted molar refractivity (Wildman–Crippen MR) is 132 cm³/mol. The molecule has 7 heteroatoms. The van der Waals surface area contributed by atoms with Crippen LogP contribution in [-0.4, -0.2) is 40.1 Å². The summed E-state index contributed by atoms with van der Waals surface area (Å²) in [5.74, 6) is 1.66. The maximum Gasteiger partial charge on any atom is 0.260 e. The molecule has 1 aliphatic rings. The molecule has 35 heavy (non-hydrogen) atoms. The van der Waals surface area contributed by atoms with Gasteiger partial charge in [0, 0.05) is 19.6 Å². The Kier molecular flexibility index (Phi) is 6.93. The van der Waals surface area contributed by atoms with Crippen LogP contribution in [-0.2, 0) is 17.9 Å². The van der Waals surface area contributed by atoms with E-state index in [0.717, 1.165) is 42.0 Å². The second-order valence-corrected chi connectivity index (χ2v) is 8.77. The highest BCUT2D eigenvalue weighted by Crippen LogP contribution is 2.25. The van der Waals surface area contributed by atoms with E-state index in [1.54, 1.807) is 12.1 Å². The van der Waals surface area contributed by atoms with Crippen LogP contribution in [0.1, 0.15) is 18.7 Å². The lowest BCUT2D eigenvalue weighted by molar-refractivity contribution is -0.134. The zero-order valence-corrected chi connectivity index (χ0v) is 19.5. The number of imidazole rings is 1. The Morgan fingerprint density at radius 2 is 1.63 bits per heavy atom. The molecule has 0 aliphatic carbocycles. The minimum absolute atomic E-state index is 0.105. The van der Waals surface area contributed by atoms with Crippen LogP contribution in [0.3, 0.4) is 0 Å². The van der Waals surface area contributed by atoms with Crippen LogP contribution in [0.2, 0.25) is 0 Å². The number of hydrogen-bond donors (Lipinski definition) is 0. The molecule has 0 unspecified atom stereocenters. The monoisotopic (exact) mass is 473 g/mol. The van der Waals surface area contributed by atoms with Crippen molar-refractivity contribution in [3.63, 3.8) is 0 Å². The van der Waals surface area contributed by atoms with E-state index < -0.39 is 5.82 Å². The van der Waals surface area contributed by atoms with Gasteiger partial charge in [-0.15, -0.1) is 0 Å². The maximum absolute atomic E-state index is 13.7. The largest absolute Gasteiger partial charge is 0.486 e. The first-order chi connectivity index (χ1) is 17.2. The fraction of sp³-hybridized carbons (Fsp3) is 0.286. The van der Waals surface area contributed by atoms with Gasteiger partial charge in [-0.05, 0) is 55.2 Å². The molecule has 0 N–H and O–H groups in total. The molecule has 180 valence electrons. The zero-order valence-electron chi connectivity index (χ0n) is 19.5. The summed E-state index contributed by atoms with van der Waals surface area (Å²) < 4.78 is 27.4. The number of likely N-dealkylation sites (tertiary alicyclic amines) is 1. The van der Waals surface area contributed by atoms with Crippen molar-refractivity contribution in [2.24, 2.45) is 5.92 Å². The van der Waals surface area contributed by atoms with Gasteiger partial charge in [-0.25, -0.2) is 9.37 Å². The van der Waals surface area contributed by atoms with E-state index >= 15 is 0 Å². The maximum atomic E-state index is 13.7. The lowest BCUT2D eigenvalue weighted by Gasteiger charge is -2.32. The summed E-state index contributed by atoms with van der Waals surface area (Å²) in [7, 11) is 0. The number of rotatable bonds is 8. The van der Waals surface area contributed by atoms with Crippen LogP contribution in [0.25, 0.3) is 11.0 Å². The summed E-state index contributed by atoms with van der Waals surface area (Å²) in [4.78, 5) is 19.2. The number of hydrogen-bond acceptors (Lipinski definition) is 4. The number of nitrogens with zero attached hydrogens (tertiary/aromatic N) is 3. The van der Waals surface area contributed by atoms with E-state index in [9.17, 15) is 9.18 Å². The van der Waals surface area contributed by atoms with E-state index in [0.29, 0.717) is 25.6 Å². The second kappa shape index (κ2) is 10.6. The van der Waals surface area contributed by atoms with Gasteiger partial charge in [-0.2, -0.15) is 0 Å². The van der Waals surface area contributed by atoms with E-state index in [4.69, 9.17) is 14.5 Å². The Bertz CT molecular complexity index is 1280. The van der Waals surface area contributed by atoms with Crippen LogP contribution in [0.15, 0.2) is 78.9 Å². The molecule has 0 radical (unpaired) electrons. The molecule has 0 bridgehead atoms. The van der Waals surface area contributed by atoms with Crippen molar-refractivity contribution < 1.29 is 18.7 Å². The summed E-state index contributed by atoms with van der Waals surface area (Å²) in [6.45, 7) is 2.38. The third-order valence-corrected chi connectivity index (χ3v) is 6.44. The normalized spacial score (nSPS) is 14.3. The van der Waals surface area contributed by atoms with Gasteiger partial charge in [0.15, 0.2) is 18.2 Å². The molecule has 1 fully saturated rings. The van der Waals surface area contributed by atoms with Gasteiger partial charge in [-0.1, -0.05) is 42.5 Å². The molecule has 2 heterocycles. The molecule has 1 aromatic heterocycles. The van der Waals surface area contributed by atoms with Crippen LogP contribution in [0, 0.1) is 11.7 Å². The summed E-state index contributed by atoms with van der Waals surface area (Å²) in [5, 5.41) is 0. The van der Waals surface area contributed by atoms with Crippen LogP contribution >= 0.6 is 0 Å². The number of ether oxygens (including phenoxy) is 2. The molecule has 1 amide bonds. The summed E-state index contributed by atoms with van der Waals surface area (Å²) in [5.41, 5.74) is 2.05. The van der Waals surface area contributed by atoms with Crippen molar-refractivity contribution in [1.29, 1.82) is 0 Å². The summed E-state index contributed by atoms with van der Waals surface area (Å²) in [6.07, 6.45) is 1.77. The molecule has 1 saturated heterocycles. The first-order valence-corrected chi connectivity index (χ1v) is 11.9. The average molecular weight is 474 g/mol. The standard InChI is InChI=1S/C28H28FN3O3/c29-23-10-4-7-13-26(23)35-20-28(33)31-16-14-21(15-17-31)18-32-25-12-6-5-11-24(25)30-27(32)19-34-22-8-2-1-3-9-22/h1-13,21H,14-20H2. The Morgan fingerprint density at radius 3 is 2.43 bits per heavy atom. The quantitative estimate of drug-likeness (QED) is 0.359. The predicted octanol–water partition coefficient (Wildman–Crippen LogP) is 5.07. The molecule has 0 atom stereocenters. The van der Waals surface area contributed by atoms with Crippen molar-refractivity contribution in [2.45, 2.75) is 26.0 Å². The highest BCUT2D eigenvalue weighted by atomic mass is 19.1. The number of amides is 1. The zero-order chi connectivity index (χ0) is 24.0. The highest BCUT2D eigenvalue weighted by Gasteiger charge is 2.25. The van der Waals surface area contributed by atoms with Gasteiger partial charge >= 0.3 is 0 Å². The van der Waals surface area contributed by atoms with Gasteiger partial charge in [0.25, 0.3) is 5.91 Å². The van der Waals surface area contributed by atoms with E-state index in [-0.39, 0.29) is 18.3 Å². The van der Waals surface area contributed by atoms with Crippen molar-refractivity contribution in [3.05, 3.63) is 90.5 Å². The first kappa shape index (κ1) is 22.9. The van der Waals surface area contributed by atoms with Crippen molar-refractivity contribution in [3.8, 4) is 11.5 Å². The number of halogens is 1. The van der Waals surface area contributed by atoms with Gasteiger partial charge in [0.1, 0.15) is 18.2 Å². The molecule has 1 aliphatic heterocycles. The number of aromatic nitrogens is 2. The van der Waals surface area contributed by atoms with Gasteiger partial charge in [-0.3, -0.25) is 4.79 Å². The summed E-state index contributed by atoms with van der Waals surface area (Å²) in [6, 6.07) is 24.0. The Hall–Kier alpha value is -3.87. The van der Waals surface area contributed by atoms with Gasteiger partial charge < -0.3 is 18.9 Å². The molecular weight excluding hydrogens is 445 g/mol. The van der Waals surface area contributed by atoms with Crippen molar-refractivity contribution >= 4 is 16.9 Å². The molecule has 6 nitrogen and oxygen atoms in total. The minimum atomic E-state index is -0.460. The number of carbonyl (C=O) groups is 1. The number of fused-ring (bicyclic) bond motifs is 1. The van der Waals surface area contributed by atoms with Gasteiger partial charge in [0.2, 0.25) is 0 Å². The third kappa shape index (κ3) is 5.45. The fourth-order valence-electron chi connectivity index (χ4n) is 4.52. The lowest BCUT2D eigenvalue weighted by atomic mass is 9.96. The number of carbonyl (C=O) groups excluding carboxylic acids is 1. The average Bonchev–Trinajstić information content (AvgIpc) is 3.25. The summed E-state index contributed by atoms with van der Waals surface area (Å²) >= 11 is 0. The number of piperidine rings is 1. The van der Waals surface area contributed by atoms with Crippen LogP contribution in [0.5, 0.6) is 11.5 Å². The molecule has 5 rings (SSSR count). The molecule has 4 aromatic rings. The van der Waals surface area contributed by atoms with E-state index in [1.807, 2.05) is 53.4 Å².